The molecular formula is C21H26FN3O2. The second kappa shape index (κ2) is 7.64. The van der Waals surface area contributed by atoms with Crippen LogP contribution >= 0.6 is 0 Å². The molecule has 1 aromatic carbocycles. The number of hydrogen-bond acceptors (Lipinski definition) is 3. The normalized spacial score (nSPS) is 19.1. The number of alkyl halides is 1. The molecule has 1 amide bonds. The van der Waals surface area contributed by atoms with Crippen molar-refractivity contribution in [3.8, 4) is 11.1 Å². The number of rotatable bonds is 4. The summed E-state index contributed by atoms with van der Waals surface area (Å²) in [6.45, 7) is 4.41. The van der Waals surface area contributed by atoms with Crippen LogP contribution in [0.1, 0.15) is 30.5 Å². The lowest BCUT2D eigenvalue weighted by Crippen LogP contribution is -2.45. The van der Waals surface area contributed by atoms with Gasteiger partial charge in [0.25, 0.3) is 0 Å². The molecule has 144 valence electrons. The van der Waals surface area contributed by atoms with Crippen LogP contribution in [-0.4, -0.2) is 40.7 Å². The minimum atomic E-state index is -0.944. The zero-order valence-corrected chi connectivity index (χ0v) is 16.0. The average molecular weight is 371 g/mol. The van der Waals surface area contributed by atoms with Crippen molar-refractivity contribution in [1.29, 1.82) is 0 Å². The molecule has 0 bridgehead atoms. The van der Waals surface area contributed by atoms with Crippen LogP contribution in [0.2, 0.25) is 0 Å². The number of likely N-dealkylation sites (tertiary alicyclic amines) is 1. The van der Waals surface area contributed by atoms with E-state index < -0.39 is 12.2 Å². The summed E-state index contributed by atoms with van der Waals surface area (Å²) in [5.41, 5.74) is 9.98. The summed E-state index contributed by atoms with van der Waals surface area (Å²) in [6.07, 6.45) is -0.554. The Bertz CT molecular complexity index is 891. The predicted molar refractivity (Wildman–Crippen MR) is 104 cm³/mol. The standard InChI is InChI=1S/C21H26FN3O2/c1-13(20(23)21(27)25-11-10-17(22)12-25)15-4-6-16(7-5-15)18-8-9-19(26)24(3)14(18)2/h4-9,13,17,20H,10-12,23H2,1-3H3/t13-,17-,20-/m0/s1. The van der Waals surface area contributed by atoms with Gasteiger partial charge in [-0.25, -0.2) is 4.39 Å². The molecule has 5 nitrogen and oxygen atoms in total. The quantitative estimate of drug-likeness (QED) is 0.897. The highest BCUT2D eigenvalue weighted by Crippen LogP contribution is 2.26. The highest BCUT2D eigenvalue weighted by molar-refractivity contribution is 5.83. The van der Waals surface area contributed by atoms with Gasteiger partial charge in [0.2, 0.25) is 11.5 Å². The molecule has 0 radical (unpaired) electrons. The largest absolute Gasteiger partial charge is 0.338 e. The van der Waals surface area contributed by atoms with E-state index in [1.54, 1.807) is 17.7 Å². The Morgan fingerprint density at radius 2 is 1.89 bits per heavy atom. The molecule has 0 aliphatic carbocycles. The molecule has 1 aliphatic heterocycles. The van der Waals surface area contributed by atoms with Crippen LogP contribution in [-0.2, 0) is 11.8 Å². The van der Waals surface area contributed by atoms with Crippen LogP contribution in [0.5, 0.6) is 0 Å². The van der Waals surface area contributed by atoms with Crippen molar-refractivity contribution < 1.29 is 9.18 Å². The van der Waals surface area contributed by atoms with Gasteiger partial charge in [-0.3, -0.25) is 9.59 Å². The zero-order valence-electron chi connectivity index (χ0n) is 16.0. The lowest BCUT2D eigenvalue weighted by molar-refractivity contribution is -0.132. The SMILES string of the molecule is Cc1c(-c2ccc([C@H](C)[C@H](N)C(=O)N3CC[C@H](F)C3)cc2)ccc(=O)n1C. The smallest absolute Gasteiger partial charge is 0.250 e. The van der Waals surface area contributed by atoms with Crippen LogP contribution in [0.25, 0.3) is 11.1 Å². The van der Waals surface area contributed by atoms with Gasteiger partial charge in [0.05, 0.1) is 12.6 Å². The van der Waals surface area contributed by atoms with E-state index in [0.717, 1.165) is 22.4 Å². The first-order valence-corrected chi connectivity index (χ1v) is 9.25. The zero-order chi connectivity index (χ0) is 19.7. The number of carbonyl (C=O) groups excluding carboxylic acids is 1. The summed E-state index contributed by atoms with van der Waals surface area (Å²) in [5.74, 6) is -0.368. The van der Waals surface area contributed by atoms with Crippen molar-refractivity contribution in [3.63, 3.8) is 0 Å². The van der Waals surface area contributed by atoms with Crippen molar-refractivity contribution in [1.82, 2.24) is 9.47 Å². The number of carbonyl (C=O) groups is 1. The summed E-state index contributed by atoms with van der Waals surface area (Å²) in [5, 5.41) is 0. The third-order valence-electron chi connectivity index (χ3n) is 5.63. The molecule has 0 saturated carbocycles. The summed E-state index contributed by atoms with van der Waals surface area (Å²) < 4.78 is 15.0. The van der Waals surface area contributed by atoms with Crippen molar-refractivity contribution in [3.05, 3.63) is 58.0 Å². The number of benzene rings is 1. The molecule has 1 fully saturated rings. The van der Waals surface area contributed by atoms with E-state index in [0.29, 0.717) is 13.0 Å². The predicted octanol–water partition coefficient (Wildman–Crippen LogP) is 2.36. The third kappa shape index (κ3) is 3.81. The number of amides is 1. The maximum absolute atomic E-state index is 13.4. The summed E-state index contributed by atoms with van der Waals surface area (Å²) in [6, 6.07) is 10.6. The highest BCUT2D eigenvalue weighted by atomic mass is 19.1. The second-order valence-electron chi connectivity index (χ2n) is 7.34. The Morgan fingerprint density at radius 1 is 1.22 bits per heavy atom. The van der Waals surface area contributed by atoms with Crippen LogP contribution in [0.15, 0.2) is 41.2 Å². The van der Waals surface area contributed by atoms with E-state index in [1.165, 1.54) is 4.90 Å². The maximum atomic E-state index is 13.4. The van der Waals surface area contributed by atoms with Gasteiger partial charge in [0.15, 0.2) is 0 Å². The highest BCUT2D eigenvalue weighted by Gasteiger charge is 2.32. The van der Waals surface area contributed by atoms with Gasteiger partial charge in [-0.05, 0) is 30.5 Å². The Kier molecular flexibility index (Phi) is 5.46. The molecule has 1 aromatic heterocycles. The Hall–Kier alpha value is -2.47. The Labute approximate surface area is 158 Å². The van der Waals surface area contributed by atoms with Crippen molar-refractivity contribution in [2.45, 2.75) is 38.4 Å². The number of hydrogen-bond donors (Lipinski definition) is 1. The summed E-state index contributed by atoms with van der Waals surface area (Å²) in [7, 11) is 1.75. The molecule has 6 heteroatoms. The monoisotopic (exact) mass is 371 g/mol. The van der Waals surface area contributed by atoms with Gasteiger partial charge >= 0.3 is 0 Å². The summed E-state index contributed by atoms with van der Waals surface area (Å²) in [4.78, 5) is 25.8. The molecule has 3 atom stereocenters. The molecule has 0 unspecified atom stereocenters. The fourth-order valence-corrected chi connectivity index (χ4v) is 3.55. The van der Waals surface area contributed by atoms with Gasteiger partial charge in [0, 0.05) is 36.8 Å². The maximum Gasteiger partial charge on any atom is 0.250 e. The van der Waals surface area contributed by atoms with E-state index in [1.807, 2.05) is 44.2 Å². The minimum absolute atomic E-state index is 0.0385. The first-order valence-electron chi connectivity index (χ1n) is 9.25. The first kappa shape index (κ1) is 19.3. The van der Waals surface area contributed by atoms with Crippen LogP contribution in [0, 0.1) is 6.92 Å². The van der Waals surface area contributed by atoms with Gasteiger partial charge in [0.1, 0.15) is 6.17 Å². The van der Waals surface area contributed by atoms with Gasteiger partial charge in [-0.15, -0.1) is 0 Å². The van der Waals surface area contributed by atoms with E-state index >= 15 is 0 Å². The summed E-state index contributed by atoms with van der Waals surface area (Å²) >= 11 is 0. The molecule has 27 heavy (non-hydrogen) atoms. The van der Waals surface area contributed by atoms with Gasteiger partial charge in [-0.2, -0.15) is 0 Å². The lowest BCUT2D eigenvalue weighted by Gasteiger charge is -2.25. The fraction of sp³-hybridized carbons (Fsp3) is 0.429. The van der Waals surface area contributed by atoms with Crippen LogP contribution in [0.3, 0.4) is 0 Å². The van der Waals surface area contributed by atoms with E-state index in [-0.39, 0.29) is 23.9 Å². The van der Waals surface area contributed by atoms with Gasteiger partial charge < -0.3 is 15.2 Å². The molecule has 1 saturated heterocycles. The van der Waals surface area contributed by atoms with Gasteiger partial charge in [-0.1, -0.05) is 31.2 Å². The fourth-order valence-electron chi connectivity index (χ4n) is 3.55. The molecule has 2 aromatic rings. The number of halogens is 1. The van der Waals surface area contributed by atoms with Crippen molar-refractivity contribution >= 4 is 5.91 Å². The molecular weight excluding hydrogens is 345 g/mol. The number of nitrogens with zero attached hydrogens (tertiary/aromatic N) is 2. The van der Waals surface area contributed by atoms with E-state index in [4.69, 9.17) is 5.73 Å². The van der Waals surface area contributed by atoms with Crippen molar-refractivity contribution in [2.75, 3.05) is 13.1 Å². The topological polar surface area (TPSA) is 68.3 Å². The molecule has 2 N–H and O–H groups in total. The first-order chi connectivity index (χ1) is 12.8. The minimum Gasteiger partial charge on any atom is -0.338 e. The van der Waals surface area contributed by atoms with Crippen LogP contribution in [0.4, 0.5) is 4.39 Å². The molecule has 3 rings (SSSR count). The average Bonchev–Trinajstić information content (AvgIpc) is 3.11. The van der Waals surface area contributed by atoms with Crippen molar-refractivity contribution in [2.24, 2.45) is 12.8 Å². The van der Waals surface area contributed by atoms with Crippen LogP contribution < -0.4 is 11.3 Å². The second-order valence-corrected chi connectivity index (χ2v) is 7.34. The number of aromatic nitrogens is 1. The lowest BCUT2D eigenvalue weighted by atomic mass is 9.91. The molecule has 0 spiro atoms. The van der Waals surface area contributed by atoms with E-state index in [9.17, 15) is 14.0 Å². The molecule has 1 aliphatic rings. The third-order valence-corrected chi connectivity index (χ3v) is 5.63. The number of pyridine rings is 1. The Morgan fingerprint density at radius 3 is 2.48 bits per heavy atom. The van der Waals surface area contributed by atoms with E-state index in [2.05, 4.69) is 0 Å². The molecule has 2 heterocycles. The number of nitrogens with two attached hydrogens (primary N) is 1. The Balaban J connectivity index is 1.78.